The number of rotatable bonds is 5. The zero-order valence-corrected chi connectivity index (χ0v) is 11.1. The van der Waals surface area contributed by atoms with Crippen LogP contribution in [0.5, 0.6) is 0 Å². The van der Waals surface area contributed by atoms with Gasteiger partial charge < -0.3 is 20.5 Å². The first-order valence-electron chi connectivity index (χ1n) is 5.64. The second kappa shape index (κ2) is 6.83. The van der Waals surface area contributed by atoms with Gasteiger partial charge in [0.2, 0.25) is 5.91 Å². The van der Waals surface area contributed by atoms with Crippen molar-refractivity contribution in [3.05, 3.63) is 0 Å². The Morgan fingerprint density at radius 2 is 1.83 bits per heavy atom. The van der Waals surface area contributed by atoms with Crippen molar-refractivity contribution >= 4 is 18.0 Å². The highest BCUT2D eigenvalue weighted by molar-refractivity contribution is 5.87. The lowest BCUT2D eigenvalue weighted by molar-refractivity contribution is -0.138. The van der Waals surface area contributed by atoms with E-state index in [1.54, 1.807) is 27.7 Å². The number of aliphatic carboxylic acids is 1. The minimum Gasteiger partial charge on any atom is -0.480 e. The van der Waals surface area contributed by atoms with Crippen LogP contribution >= 0.6 is 0 Å². The molecule has 0 aromatic carbocycles. The second-order valence-corrected chi connectivity index (χ2v) is 4.72. The van der Waals surface area contributed by atoms with E-state index in [0.717, 1.165) is 0 Å². The minimum absolute atomic E-state index is 0.338. The summed E-state index contributed by atoms with van der Waals surface area (Å²) in [7, 11) is 0. The zero-order valence-electron chi connectivity index (χ0n) is 11.1. The summed E-state index contributed by atoms with van der Waals surface area (Å²) in [5.41, 5.74) is -0.653. The van der Waals surface area contributed by atoms with E-state index in [-0.39, 0.29) is 0 Å². The summed E-state index contributed by atoms with van der Waals surface area (Å²) in [6, 6.07) is -0.806. The molecule has 0 aromatic rings. The predicted octanol–water partition coefficient (Wildman–Crippen LogP) is 0.491. The summed E-state index contributed by atoms with van der Waals surface area (Å²) in [6.07, 6.45) is -0.371. The third-order valence-electron chi connectivity index (χ3n) is 1.83. The molecule has 0 fully saturated rings. The highest BCUT2D eigenvalue weighted by Crippen LogP contribution is 2.07. The molecule has 0 bridgehead atoms. The van der Waals surface area contributed by atoms with Gasteiger partial charge in [-0.05, 0) is 27.2 Å². The normalized spacial score (nSPS) is 12.4. The summed E-state index contributed by atoms with van der Waals surface area (Å²) in [5, 5.41) is 13.0. The Bertz CT molecular complexity index is 322. The number of alkyl carbamates (subject to hydrolysis) is 1. The highest BCUT2D eigenvalue weighted by atomic mass is 16.6. The molecule has 1 atom stereocenters. The molecule has 18 heavy (non-hydrogen) atoms. The molecule has 0 saturated heterocycles. The third-order valence-corrected chi connectivity index (χ3v) is 1.83. The van der Waals surface area contributed by atoms with E-state index in [1.807, 2.05) is 0 Å². The number of hydrogen-bond acceptors (Lipinski definition) is 4. The molecule has 0 aliphatic heterocycles. The Balaban J connectivity index is 4.29. The molecule has 0 heterocycles. The van der Waals surface area contributed by atoms with Gasteiger partial charge in [-0.1, -0.05) is 6.92 Å². The lowest BCUT2D eigenvalue weighted by Gasteiger charge is -2.22. The maximum atomic E-state index is 11.5. The molecule has 0 aromatic heterocycles. The zero-order chi connectivity index (χ0) is 14.3. The van der Waals surface area contributed by atoms with Gasteiger partial charge in [0.1, 0.15) is 18.2 Å². The largest absolute Gasteiger partial charge is 0.480 e. The second-order valence-electron chi connectivity index (χ2n) is 4.72. The Morgan fingerprint density at radius 3 is 2.22 bits per heavy atom. The van der Waals surface area contributed by atoms with Gasteiger partial charge in [-0.2, -0.15) is 0 Å². The van der Waals surface area contributed by atoms with Gasteiger partial charge in [0.25, 0.3) is 0 Å². The fraction of sp³-hybridized carbons (Fsp3) is 0.727. The maximum absolute atomic E-state index is 11.5. The number of nitrogens with one attached hydrogen (secondary N) is 2. The predicted molar refractivity (Wildman–Crippen MR) is 64.1 cm³/mol. The van der Waals surface area contributed by atoms with Crippen molar-refractivity contribution in [1.29, 1.82) is 0 Å². The van der Waals surface area contributed by atoms with Crippen LogP contribution in [-0.2, 0) is 14.3 Å². The van der Waals surface area contributed by atoms with Crippen LogP contribution in [0, 0.1) is 0 Å². The van der Waals surface area contributed by atoms with Gasteiger partial charge >= 0.3 is 12.1 Å². The van der Waals surface area contributed by atoms with E-state index in [1.165, 1.54) is 0 Å². The van der Waals surface area contributed by atoms with Crippen LogP contribution in [0.25, 0.3) is 0 Å². The average Bonchev–Trinajstić information content (AvgIpc) is 2.19. The molecule has 3 N–H and O–H groups in total. The summed E-state index contributed by atoms with van der Waals surface area (Å²) in [6.45, 7) is 6.34. The molecular formula is C11H20N2O5. The highest BCUT2D eigenvalue weighted by Gasteiger charge is 2.23. The van der Waals surface area contributed by atoms with Crippen LogP contribution in [0.1, 0.15) is 34.1 Å². The summed E-state index contributed by atoms with van der Waals surface area (Å²) >= 11 is 0. The van der Waals surface area contributed by atoms with E-state index >= 15 is 0 Å². The molecule has 0 rings (SSSR count). The van der Waals surface area contributed by atoms with Crippen LogP contribution in [0.3, 0.4) is 0 Å². The number of carboxylic acid groups (broad SMARTS) is 1. The monoisotopic (exact) mass is 260 g/mol. The molecular weight excluding hydrogens is 240 g/mol. The molecule has 0 aliphatic carbocycles. The molecule has 7 heteroatoms. The fourth-order valence-electron chi connectivity index (χ4n) is 1.09. The van der Waals surface area contributed by atoms with Gasteiger partial charge in [-0.15, -0.1) is 0 Å². The maximum Gasteiger partial charge on any atom is 0.408 e. The van der Waals surface area contributed by atoms with E-state index in [2.05, 4.69) is 10.6 Å². The molecule has 0 saturated carbocycles. The van der Waals surface area contributed by atoms with Crippen LogP contribution in [-0.4, -0.2) is 41.3 Å². The van der Waals surface area contributed by atoms with Crippen molar-refractivity contribution in [2.75, 3.05) is 6.54 Å². The Morgan fingerprint density at radius 1 is 1.28 bits per heavy atom. The first-order chi connectivity index (χ1) is 8.15. The van der Waals surface area contributed by atoms with Crippen molar-refractivity contribution in [2.45, 2.75) is 45.8 Å². The average molecular weight is 260 g/mol. The number of hydrogen-bond donors (Lipinski definition) is 3. The van der Waals surface area contributed by atoms with E-state index in [0.29, 0.717) is 6.42 Å². The molecule has 0 unspecified atom stereocenters. The Hall–Kier alpha value is -1.79. The van der Waals surface area contributed by atoms with Crippen molar-refractivity contribution in [2.24, 2.45) is 0 Å². The molecule has 2 amide bonds. The van der Waals surface area contributed by atoms with E-state index in [9.17, 15) is 14.4 Å². The molecule has 0 radical (unpaired) electrons. The van der Waals surface area contributed by atoms with Crippen LogP contribution < -0.4 is 10.6 Å². The third kappa shape index (κ3) is 7.48. The van der Waals surface area contributed by atoms with Crippen molar-refractivity contribution in [3.8, 4) is 0 Å². The number of carboxylic acids is 1. The quantitative estimate of drug-likeness (QED) is 0.667. The summed E-state index contributed by atoms with van der Waals surface area (Å²) in [5.74, 6) is -1.69. The molecule has 0 aliphatic rings. The van der Waals surface area contributed by atoms with Gasteiger partial charge in [0.05, 0.1) is 0 Å². The number of carbonyl (C=O) groups is 3. The van der Waals surface area contributed by atoms with Crippen LogP contribution in [0.2, 0.25) is 0 Å². The van der Waals surface area contributed by atoms with Crippen molar-refractivity contribution in [3.63, 3.8) is 0 Å². The first kappa shape index (κ1) is 16.2. The molecule has 0 spiro atoms. The van der Waals surface area contributed by atoms with Gasteiger partial charge in [0.15, 0.2) is 0 Å². The Kier molecular flexibility index (Phi) is 6.15. The topological polar surface area (TPSA) is 105 Å². The van der Waals surface area contributed by atoms with Crippen molar-refractivity contribution < 1.29 is 24.2 Å². The van der Waals surface area contributed by atoms with Gasteiger partial charge in [-0.3, -0.25) is 9.59 Å². The Labute approximate surface area is 106 Å². The van der Waals surface area contributed by atoms with Crippen molar-refractivity contribution in [1.82, 2.24) is 10.6 Å². The summed E-state index contributed by atoms with van der Waals surface area (Å²) < 4.78 is 5.00. The number of ether oxygens (including phenoxy) is 1. The van der Waals surface area contributed by atoms with Crippen LogP contribution in [0.15, 0.2) is 0 Å². The SMILES string of the molecule is CC[C@H](NC(=O)OC(C)(C)C)C(=O)NCC(=O)O. The fourth-order valence-corrected chi connectivity index (χ4v) is 1.09. The standard InChI is InChI=1S/C11H20N2O5/c1-5-7(9(16)12-6-8(14)15)13-10(17)18-11(2,3)4/h7H,5-6H2,1-4H3,(H,12,16)(H,13,17)(H,14,15)/t7-/m0/s1. The van der Waals surface area contributed by atoms with Gasteiger partial charge in [0, 0.05) is 0 Å². The minimum atomic E-state index is -1.14. The van der Waals surface area contributed by atoms with Crippen LogP contribution in [0.4, 0.5) is 4.79 Å². The van der Waals surface area contributed by atoms with Gasteiger partial charge in [-0.25, -0.2) is 4.79 Å². The molecule has 104 valence electrons. The van der Waals surface area contributed by atoms with E-state index in [4.69, 9.17) is 9.84 Å². The molecule has 7 nitrogen and oxygen atoms in total. The lowest BCUT2D eigenvalue weighted by atomic mass is 10.2. The van der Waals surface area contributed by atoms with E-state index < -0.39 is 36.2 Å². The smallest absolute Gasteiger partial charge is 0.408 e. The number of carbonyl (C=O) groups excluding carboxylic acids is 2. The summed E-state index contributed by atoms with van der Waals surface area (Å²) in [4.78, 5) is 33.3. The first-order valence-corrected chi connectivity index (χ1v) is 5.64. The number of amides is 2. The lowest BCUT2D eigenvalue weighted by Crippen LogP contribution is -2.48.